The number of hydrogen-bond acceptors (Lipinski definition) is 6. The molecular formula is C18H16N2O5. The Balaban J connectivity index is 1.54. The molecule has 1 saturated heterocycles. The van der Waals surface area contributed by atoms with Crippen molar-refractivity contribution in [2.45, 2.75) is 12.9 Å². The first-order valence-corrected chi connectivity index (χ1v) is 7.81. The molecular weight excluding hydrogens is 324 g/mol. The summed E-state index contributed by atoms with van der Waals surface area (Å²) >= 11 is 0. The number of benzene rings is 2. The molecule has 128 valence electrons. The number of amides is 1. The number of nitrogens with zero attached hydrogens (tertiary/aromatic N) is 2. The fourth-order valence-electron chi connectivity index (χ4n) is 2.66. The van der Waals surface area contributed by atoms with Gasteiger partial charge in [-0.15, -0.1) is 0 Å². The van der Waals surface area contributed by atoms with Crippen LogP contribution in [0.2, 0.25) is 0 Å². The number of aromatic nitrogens is 1. The molecule has 1 aliphatic rings. The summed E-state index contributed by atoms with van der Waals surface area (Å²) in [6.45, 7) is 0.727. The quantitative estimate of drug-likeness (QED) is 0.709. The maximum Gasteiger partial charge on any atom is 0.418 e. The third kappa shape index (κ3) is 3.01. The third-order valence-electron chi connectivity index (χ3n) is 3.98. The molecule has 1 aromatic heterocycles. The molecule has 0 aliphatic carbocycles. The molecule has 0 radical (unpaired) electrons. The Labute approximate surface area is 143 Å². The predicted octanol–water partition coefficient (Wildman–Crippen LogP) is 3.34. The average Bonchev–Trinajstić information content (AvgIpc) is 3.23. The van der Waals surface area contributed by atoms with Gasteiger partial charge in [-0.3, -0.25) is 4.90 Å². The Morgan fingerprint density at radius 3 is 2.84 bits per heavy atom. The summed E-state index contributed by atoms with van der Waals surface area (Å²) < 4.78 is 21.2. The normalized spacial score (nSPS) is 17.1. The zero-order valence-corrected chi connectivity index (χ0v) is 13.5. The van der Waals surface area contributed by atoms with Gasteiger partial charge in [0.25, 0.3) is 0 Å². The number of methoxy groups -OCH3 is 1. The van der Waals surface area contributed by atoms with Gasteiger partial charge in [0, 0.05) is 13.2 Å². The number of fused-ring (bicyclic) bond motifs is 1. The number of rotatable bonds is 5. The van der Waals surface area contributed by atoms with Crippen LogP contribution in [0.3, 0.4) is 0 Å². The van der Waals surface area contributed by atoms with Crippen LogP contribution < -0.4 is 9.64 Å². The standard InChI is InChI=1S/C18H16N2O5/c1-22-16-10-20(18(21)24-16)17-14-8-7-13(9-15(14)25-19-17)23-11-12-5-3-2-4-6-12/h2-9,16H,10-11H2,1H3/t16-/m1/s1. The van der Waals surface area contributed by atoms with Gasteiger partial charge in [-0.1, -0.05) is 35.5 Å². The molecule has 1 amide bonds. The van der Waals surface area contributed by atoms with E-state index in [2.05, 4.69) is 5.16 Å². The monoisotopic (exact) mass is 340 g/mol. The molecule has 0 unspecified atom stereocenters. The van der Waals surface area contributed by atoms with E-state index in [1.165, 1.54) is 12.0 Å². The van der Waals surface area contributed by atoms with Crippen molar-refractivity contribution in [1.82, 2.24) is 5.16 Å². The minimum Gasteiger partial charge on any atom is -0.489 e. The van der Waals surface area contributed by atoms with Crippen molar-refractivity contribution in [1.29, 1.82) is 0 Å². The molecule has 2 heterocycles. The van der Waals surface area contributed by atoms with Gasteiger partial charge in [0.15, 0.2) is 11.4 Å². The zero-order chi connectivity index (χ0) is 17.2. The van der Waals surface area contributed by atoms with Crippen LogP contribution in [0.25, 0.3) is 11.0 Å². The molecule has 0 saturated carbocycles. The van der Waals surface area contributed by atoms with E-state index >= 15 is 0 Å². The summed E-state index contributed by atoms with van der Waals surface area (Å²) in [6, 6.07) is 15.3. The Morgan fingerprint density at radius 2 is 2.08 bits per heavy atom. The van der Waals surface area contributed by atoms with E-state index in [-0.39, 0.29) is 6.54 Å². The molecule has 0 N–H and O–H groups in total. The summed E-state index contributed by atoms with van der Waals surface area (Å²) in [5.41, 5.74) is 1.61. The molecule has 0 bridgehead atoms. The number of carbonyl (C=O) groups is 1. The van der Waals surface area contributed by atoms with Crippen molar-refractivity contribution in [3.05, 3.63) is 54.1 Å². The highest BCUT2D eigenvalue weighted by atomic mass is 16.7. The Kier molecular flexibility index (Phi) is 3.99. The number of carbonyl (C=O) groups excluding carboxylic acids is 1. The van der Waals surface area contributed by atoms with Gasteiger partial charge in [0.1, 0.15) is 12.4 Å². The van der Waals surface area contributed by atoms with Gasteiger partial charge in [0.2, 0.25) is 6.29 Å². The van der Waals surface area contributed by atoms with Crippen molar-refractivity contribution in [2.75, 3.05) is 18.6 Å². The summed E-state index contributed by atoms with van der Waals surface area (Å²) in [4.78, 5) is 13.3. The van der Waals surface area contributed by atoms with E-state index in [0.29, 0.717) is 29.1 Å². The first-order valence-electron chi connectivity index (χ1n) is 7.81. The van der Waals surface area contributed by atoms with Crippen LogP contribution in [-0.4, -0.2) is 31.2 Å². The summed E-state index contributed by atoms with van der Waals surface area (Å²) in [5, 5.41) is 4.70. The lowest BCUT2D eigenvalue weighted by atomic mass is 10.2. The number of ether oxygens (including phenoxy) is 3. The molecule has 0 spiro atoms. The average molecular weight is 340 g/mol. The van der Waals surface area contributed by atoms with E-state index < -0.39 is 12.4 Å². The van der Waals surface area contributed by atoms with Crippen LogP contribution in [0.15, 0.2) is 53.1 Å². The molecule has 1 fully saturated rings. The lowest BCUT2D eigenvalue weighted by molar-refractivity contribution is -0.0488. The first-order chi connectivity index (χ1) is 12.2. The summed E-state index contributed by atoms with van der Waals surface area (Å²) in [7, 11) is 1.48. The molecule has 1 atom stereocenters. The summed E-state index contributed by atoms with van der Waals surface area (Å²) in [5.74, 6) is 1.08. The topological polar surface area (TPSA) is 74.0 Å². The van der Waals surface area contributed by atoms with Gasteiger partial charge in [0.05, 0.1) is 11.9 Å². The van der Waals surface area contributed by atoms with Crippen molar-refractivity contribution in [3.63, 3.8) is 0 Å². The lowest BCUT2D eigenvalue weighted by Crippen LogP contribution is -2.25. The fraction of sp³-hybridized carbons (Fsp3) is 0.222. The van der Waals surface area contributed by atoms with Crippen LogP contribution in [0.1, 0.15) is 5.56 Å². The van der Waals surface area contributed by atoms with Gasteiger partial charge in [-0.05, 0) is 17.7 Å². The van der Waals surface area contributed by atoms with Crippen LogP contribution >= 0.6 is 0 Å². The van der Waals surface area contributed by atoms with Gasteiger partial charge in [-0.2, -0.15) is 0 Å². The van der Waals surface area contributed by atoms with Gasteiger partial charge >= 0.3 is 6.09 Å². The second kappa shape index (κ2) is 6.45. The highest BCUT2D eigenvalue weighted by Crippen LogP contribution is 2.31. The molecule has 1 aliphatic heterocycles. The van der Waals surface area contributed by atoms with Crippen LogP contribution in [-0.2, 0) is 16.1 Å². The second-order valence-electron chi connectivity index (χ2n) is 5.60. The van der Waals surface area contributed by atoms with Crippen LogP contribution in [0.4, 0.5) is 10.6 Å². The highest BCUT2D eigenvalue weighted by molar-refractivity contribution is 5.99. The highest BCUT2D eigenvalue weighted by Gasteiger charge is 2.35. The number of anilines is 1. The molecule has 25 heavy (non-hydrogen) atoms. The molecule has 3 aromatic rings. The predicted molar refractivity (Wildman–Crippen MR) is 89.4 cm³/mol. The third-order valence-corrected chi connectivity index (χ3v) is 3.98. The minimum atomic E-state index is -0.604. The van der Waals surface area contributed by atoms with E-state index in [0.717, 1.165) is 5.56 Å². The van der Waals surface area contributed by atoms with Crippen molar-refractivity contribution in [3.8, 4) is 5.75 Å². The van der Waals surface area contributed by atoms with Crippen molar-refractivity contribution in [2.24, 2.45) is 0 Å². The minimum absolute atomic E-state index is 0.267. The maximum absolute atomic E-state index is 11.9. The van der Waals surface area contributed by atoms with Crippen LogP contribution in [0, 0.1) is 0 Å². The largest absolute Gasteiger partial charge is 0.489 e. The smallest absolute Gasteiger partial charge is 0.418 e. The van der Waals surface area contributed by atoms with Crippen molar-refractivity contribution >= 4 is 22.9 Å². The Morgan fingerprint density at radius 1 is 1.24 bits per heavy atom. The molecule has 7 heteroatoms. The maximum atomic E-state index is 11.9. The summed E-state index contributed by atoms with van der Waals surface area (Å²) in [6.07, 6.45) is -1.11. The molecule has 2 aromatic carbocycles. The lowest BCUT2D eigenvalue weighted by Gasteiger charge is -2.08. The van der Waals surface area contributed by atoms with Crippen LogP contribution in [0.5, 0.6) is 5.75 Å². The van der Waals surface area contributed by atoms with Gasteiger partial charge < -0.3 is 18.7 Å². The van der Waals surface area contributed by atoms with E-state index in [1.807, 2.05) is 42.5 Å². The molecule has 4 rings (SSSR count). The Bertz CT molecular complexity index is 893. The number of cyclic esters (lactones) is 1. The second-order valence-corrected chi connectivity index (χ2v) is 5.60. The van der Waals surface area contributed by atoms with Gasteiger partial charge in [-0.25, -0.2) is 4.79 Å². The van der Waals surface area contributed by atoms with E-state index in [4.69, 9.17) is 18.7 Å². The van der Waals surface area contributed by atoms with E-state index in [1.54, 1.807) is 6.07 Å². The SMILES string of the molecule is CO[C@H]1CN(c2noc3cc(OCc4ccccc4)ccc23)C(=O)O1. The Hall–Kier alpha value is -3.06. The molecule has 7 nitrogen and oxygen atoms in total. The zero-order valence-electron chi connectivity index (χ0n) is 13.5. The first kappa shape index (κ1) is 15.5. The van der Waals surface area contributed by atoms with E-state index in [9.17, 15) is 4.79 Å². The number of hydrogen-bond donors (Lipinski definition) is 0. The van der Waals surface area contributed by atoms with Crippen molar-refractivity contribution < 1.29 is 23.5 Å². The fourth-order valence-corrected chi connectivity index (χ4v) is 2.66.